The molecule has 1 aromatic heterocycles. The van der Waals surface area contributed by atoms with Crippen molar-refractivity contribution in [2.45, 2.75) is 12.8 Å². The number of amides is 2. The molecule has 1 heterocycles. The first kappa shape index (κ1) is 19.6. The van der Waals surface area contributed by atoms with Crippen LogP contribution < -0.4 is 10.6 Å². The molecule has 0 bridgehead atoms. The largest absolute Gasteiger partial charge is 0.361 e. The molecule has 0 fully saturated rings. The highest BCUT2D eigenvalue weighted by molar-refractivity contribution is 5.89. The molecule has 0 aliphatic rings. The van der Waals surface area contributed by atoms with Crippen molar-refractivity contribution < 1.29 is 13.6 Å². The Labute approximate surface area is 172 Å². The molecule has 0 radical (unpaired) electrons. The lowest BCUT2D eigenvalue weighted by molar-refractivity contribution is 0.252. The second kappa shape index (κ2) is 8.37. The SMILES string of the molecule is Cc1ccc(NC(=O)NC[C@@H](c2ccc(F)cc2)c2c[nH]c3ccccc23)cc1F. The standard InChI is InChI=1S/C24H21F2N3O/c1-15-6-11-18(12-22(15)26)29-24(30)28-13-20(16-7-9-17(25)10-8-16)21-14-27-23-5-3-2-4-19(21)23/h2-12,14,20,27H,13H2,1H3,(H2,28,29,30)/t20-/m0/s1. The third-order valence-electron chi connectivity index (χ3n) is 5.17. The number of halogens is 2. The first-order valence-electron chi connectivity index (χ1n) is 9.64. The second-order valence-corrected chi connectivity index (χ2v) is 7.19. The zero-order valence-electron chi connectivity index (χ0n) is 16.4. The number of carbonyl (C=O) groups is 1. The molecule has 3 aromatic carbocycles. The van der Waals surface area contributed by atoms with E-state index in [1.165, 1.54) is 18.2 Å². The predicted molar refractivity (Wildman–Crippen MR) is 115 cm³/mol. The van der Waals surface area contributed by atoms with Crippen molar-refractivity contribution in [3.8, 4) is 0 Å². The van der Waals surface area contributed by atoms with E-state index < -0.39 is 6.03 Å². The first-order chi connectivity index (χ1) is 14.5. The number of H-pyrrole nitrogens is 1. The minimum atomic E-state index is -0.440. The van der Waals surface area contributed by atoms with Gasteiger partial charge in [-0.2, -0.15) is 0 Å². The molecular formula is C24H21F2N3O. The van der Waals surface area contributed by atoms with E-state index in [9.17, 15) is 13.6 Å². The fourth-order valence-corrected chi connectivity index (χ4v) is 3.53. The predicted octanol–water partition coefficient (Wildman–Crippen LogP) is 5.71. The van der Waals surface area contributed by atoms with Crippen LogP contribution >= 0.6 is 0 Å². The van der Waals surface area contributed by atoms with Crippen molar-refractivity contribution in [1.82, 2.24) is 10.3 Å². The summed E-state index contributed by atoms with van der Waals surface area (Å²) in [7, 11) is 0. The van der Waals surface area contributed by atoms with Crippen LogP contribution in [0.15, 0.2) is 72.9 Å². The van der Waals surface area contributed by atoms with Crippen molar-refractivity contribution in [1.29, 1.82) is 0 Å². The van der Waals surface area contributed by atoms with Gasteiger partial charge in [0.15, 0.2) is 0 Å². The molecule has 0 unspecified atom stereocenters. The van der Waals surface area contributed by atoms with Crippen LogP contribution in [0.4, 0.5) is 19.3 Å². The number of nitrogens with one attached hydrogen (secondary N) is 3. The van der Waals surface area contributed by atoms with E-state index in [-0.39, 0.29) is 24.1 Å². The highest BCUT2D eigenvalue weighted by Gasteiger charge is 2.19. The minimum Gasteiger partial charge on any atom is -0.361 e. The summed E-state index contributed by atoms with van der Waals surface area (Å²) in [6.45, 7) is 1.95. The fraction of sp³-hybridized carbons (Fsp3) is 0.125. The summed E-state index contributed by atoms with van der Waals surface area (Å²) in [6, 6.07) is 18.2. The van der Waals surface area contributed by atoms with E-state index in [4.69, 9.17) is 0 Å². The lowest BCUT2D eigenvalue weighted by Gasteiger charge is -2.18. The topological polar surface area (TPSA) is 56.9 Å². The van der Waals surface area contributed by atoms with Crippen LogP contribution in [0.25, 0.3) is 10.9 Å². The van der Waals surface area contributed by atoms with Gasteiger partial charge in [0.05, 0.1) is 0 Å². The monoisotopic (exact) mass is 405 g/mol. The summed E-state index contributed by atoms with van der Waals surface area (Å²) in [4.78, 5) is 15.7. The Hall–Kier alpha value is -3.67. The molecule has 2 amide bonds. The van der Waals surface area contributed by atoms with Gasteiger partial charge in [0.1, 0.15) is 11.6 Å². The Kier molecular flexibility index (Phi) is 5.48. The van der Waals surface area contributed by atoms with Crippen molar-refractivity contribution in [3.63, 3.8) is 0 Å². The number of aromatic amines is 1. The van der Waals surface area contributed by atoms with Gasteiger partial charge in [0.25, 0.3) is 0 Å². The van der Waals surface area contributed by atoms with Crippen LogP contribution in [0, 0.1) is 18.6 Å². The van der Waals surface area contributed by atoms with Crippen LogP contribution in [0.5, 0.6) is 0 Å². The normalized spacial score (nSPS) is 12.0. The smallest absolute Gasteiger partial charge is 0.319 e. The number of aromatic nitrogens is 1. The van der Waals surface area contributed by atoms with Gasteiger partial charge in [-0.15, -0.1) is 0 Å². The number of aryl methyl sites for hydroxylation is 1. The summed E-state index contributed by atoms with van der Waals surface area (Å²) < 4.78 is 27.2. The van der Waals surface area contributed by atoms with Gasteiger partial charge in [-0.3, -0.25) is 0 Å². The van der Waals surface area contributed by atoms with Crippen LogP contribution in [-0.2, 0) is 0 Å². The number of para-hydroxylation sites is 1. The van der Waals surface area contributed by atoms with Crippen molar-refractivity contribution >= 4 is 22.6 Å². The number of fused-ring (bicyclic) bond motifs is 1. The van der Waals surface area contributed by atoms with E-state index in [2.05, 4.69) is 15.6 Å². The quantitative estimate of drug-likeness (QED) is 0.391. The molecule has 4 nitrogen and oxygen atoms in total. The van der Waals surface area contributed by atoms with Crippen molar-refractivity contribution in [3.05, 3.63) is 101 Å². The molecule has 30 heavy (non-hydrogen) atoms. The molecule has 1 atom stereocenters. The lowest BCUT2D eigenvalue weighted by atomic mass is 9.91. The average Bonchev–Trinajstić information content (AvgIpc) is 3.16. The maximum absolute atomic E-state index is 13.7. The summed E-state index contributed by atoms with van der Waals surface area (Å²) in [5.74, 6) is -0.887. The molecule has 0 saturated heterocycles. The van der Waals surface area contributed by atoms with E-state index in [1.807, 2.05) is 30.5 Å². The molecule has 6 heteroatoms. The molecule has 4 rings (SSSR count). The van der Waals surface area contributed by atoms with Crippen LogP contribution in [0.2, 0.25) is 0 Å². The van der Waals surface area contributed by atoms with E-state index >= 15 is 0 Å². The number of anilines is 1. The van der Waals surface area contributed by atoms with Gasteiger partial charge in [0, 0.05) is 35.2 Å². The Balaban J connectivity index is 1.56. The fourth-order valence-electron chi connectivity index (χ4n) is 3.53. The third-order valence-corrected chi connectivity index (χ3v) is 5.17. The molecule has 0 aliphatic carbocycles. The number of rotatable bonds is 5. The average molecular weight is 405 g/mol. The summed E-state index contributed by atoms with van der Waals surface area (Å²) in [5.41, 5.74) is 3.75. The van der Waals surface area contributed by atoms with Crippen LogP contribution in [-0.4, -0.2) is 17.6 Å². The number of carbonyl (C=O) groups excluding carboxylic acids is 1. The first-order valence-corrected chi connectivity index (χ1v) is 9.64. The van der Waals surface area contributed by atoms with Crippen LogP contribution in [0.1, 0.15) is 22.6 Å². The molecule has 0 saturated carbocycles. The Morgan fingerprint density at radius 2 is 1.80 bits per heavy atom. The van der Waals surface area contributed by atoms with Gasteiger partial charge < -0.3 is 15.6 Å². The Bertz CT molecular complexity index is 1180. The number of benzene rings is 3. The highest BCUT2D eigenvalue weighted by Crippen LogP contribution is 2.30. The van der Waals surface area contributed by atoms with Crippen LogP contribution in [0.3, 0.4) is 0 Å². The molecule has 0 spiro atoms. The zero-order chi connectivity index (χ0) is 21.1. The molecular weight excluding hydrogens is 384 g/mol. The van der Waals surface area contributed by atoms with Gasteiger partial charge in [-0.1, -0.05) is 36.4 Å². The molecule has 3 N–H and O–H groups in total. The minimum absolute atomic E-state index is 0.192. The summed E-state index contributed by atoms with van der Waals surface area (Å²) in [5, 5.41) is 6.54. The number of hydrogen-bond donors (Lipinski definition) is 3. The molecule has 4 aromatic rings. The maximum atomic E-state index is 13.7. The van der Waals surface area contributed by atoms with Gasteiger partial charge in [0.2, 0.25) is 0 Å². The van der Waals surface area contributed by atoms with Crippen molar-refractivity contribution in [2.24, 2.45) is 0 Å². The lowest BCUT2D eigenvalue weighted by Crippen LogP contribution is -2.32. The summed E-state index contributed by atoms with van der Waals surface area (Å²) >= 11 is 0. The molecule has 152 valence electrons. The van der Waals surface area contributed by atoms with Gasteiger partial charge >= 0.3 is 6.03 Å². The van der Waals surface area contributed by atoms with E-state index in [0.29, 0.717) is 11.3 Å². The van der Waals surface area contributed by atoms with Gasteiger partial charge in [-0.05, 0) is 53.9 Å². The highest BCUT2D eigenvalue weighted by atomic mass is 19.1. The Morgan fingerprint density at radius 1 is 1.03 bits per heavy atom. The zero-order valence-corrected chi connectivity index (χ0v) is 16.4. The van der Waals surface area contributed by atoms with Crippen molar-refractivity contribution in [2.75, 3.05) is 11.9 Å². The number of hydrogen-bond acceptors (Lipinski definition) is 1. The number of urea groups is 1. The maximum Gasteiger partial charge on any atom is 0.319 e. The summed E-state index contributed by atoms with van der Waals surface area (Å²) in [6.07, 6.45) is 1.91. The van der Waals surface area contributed by atoms with Gasteiger partial charge in [-0.25, -0.2) is 13.6 Å². The van der Waals surface area contributed by atoms with E-state index in [1.54, 1.807) is 31.2 Å². The third kappa shape index (κ3) is 4.17. The Morgan fingerprint density at radius 3 is 2.57 bits per heavy atom. The second-order valence-electron chi connectivity index (χ2n) is 7.19. The van der Waals surface area contributed by atoms with E-state index in [0.717, 1.165) is 22.0 Å². The molecule has 0 aliphatic heterocycles.